The Morgan fingerprint density at radius 3 is 2.30 bits per heavy atom. The summed E-state index contributed by atoms with van der Waals surface area (Å²) in [7, 11) is 1.90. The van der Waals surface area contributed by atoms with Crippen LogP contribution in [0.5, 0.6) is 0 Å². The molecule has 0 bridgehead atoms. The molecule has 0 aromatic carbocycles. The fourth-order valence-electron chi connectivity index (χ4n) is 4.82. The van der Waals surface area contributed by atoms with Crippen LogP contribution < -0.4 is 11.3 Å². The van der Waals surface area contributed by atoms with Gasteiger partial charge in [0.2, 0.25) is 0 Å². The first-order valence-corrected chi connectivity index (χ1v) is 8.78. The predicted molar refractivity (Wildman–Crippen MR) is 84.3 cm³/mol. The summed E-state index contributed by atoms with van der Waals surface area (Å²) in [5.41, 5.74) is 3.17. The van der Waals surface area contributed by atoms with E-state index in [0.29, 0.717) is 12.0 Å². The van der Waals surface area contributed by atoms with Crippen LogP contribution in [0.3, 0.4) is 0 Å². The van der Waals surface area contributed by atoms with Crippen molar-refractivity contribution in [1.29, 1.82) is 0 Å². The summed E-state index contributed by atoms with van der Waals surface area (Å²) in [4.78, 5) is 0. The zero-order valence-corrected chi connectivity index (χ0v) is 13.5. The average Bonchev–Trinajstić information content (AvgIpc) is 2.75. The second-order valence-electron chi connectivity index (χ2n) is 6.94. The lowest BCUT2D eigenvalue weighted by Gasteiger charge is -2.46. The Hall–Kier alpha value is -0.120. The zero-order chi connectivity index (χ0) is 14.4. The van der Waals surface area contributed by atoms with Gasteiger partial charge in [0.25, 0.3) is 0 Å². The van der Waals surface area contributed by atoms with Crippen molar-refractivity contribution in [2.24, 2.45) is 17.7 Å². The number of methoxy groups -OCH3 is 1. The Bertz CT molecular complexity index is 274. The SMILES string of the molecule is CCC1CCCCC1C(NN)C1(OC)CCCCCC1. The van der Waals surface area contributed by atoms with E-state index in [1.54, 1.807) is 0 Å². The van der Waals surface area contributed by atoms with Crippen LogP contribution in [0.4, 0.5) is 0 Å². The van der Waals surface area contributed by atoms with Crippen LogP contribution in [0.2, 0.25) is 0 Å². The Balaban J connectivity index is 2.18. The van der Waals surface area contributed by atoms with E-state index in [1.165, 1.54) is 70.6 Å². The molecule has 2 fully saturated rings. The third kappa shape index (κ3) is 3.37. The van der Waals surface area contributed by atoms with Gasteiger partial charge in [-0.05, 0) is 31.1 Å². The summed E-state index contributed by atoms with van der Waals surface area (Å²) in [5.74, 6) is 7.54. The molecule has 2 aliphatic carbocycles. The molecule has 0 aromatic rings. The minimum absolute atomic E-state index is 0.0271. The number of hydrogen-bond donors (Lipinski definition) is 2. The van der Waals surface area contributed by atoms with Gasteiger partial charge in [-0.25, -0.2) is 0 Å². The maximum atomic E-state index is 6.12. The Kier molecular flexibility index (Phi) is 6.31. The quantitative estimate of drug-likeness (QED) is 0.458. The van der Waals surface area contributed by atoms with Crippen molar-refractivity contribution in [1.82, 2.24) is 5.43 Å². The molecule has 3 heteroatoms. The fraction of sp³-hybridized carbons (Fsp3) is 1.00. The molecule has 2 saturated carbocycles. The van der Waals surface area contributed by atoms with E-state index < -0.39 is 0 Å². The van der Waals surface area contributed by atoms with E-state index in [4.69, 9.17) is 10.6 Å². The normalized spacial score (nSPS) is 32.5. The molecule has 0 saturated heterocycles. The molecule has 0 spiro atoms. The largest absolute Gasteiger partial charge is 0.377 e. The number of hydrogen-bond acceptors (Lipinski definition) is 3. The van der Waals surface area contributed by atoms with Crippen LogP contribution in [-0.2, 0) is 4.74 Å². The lowest BCUT2D eigenvalue weighted by atomic mass is 9.68. The van der Waals surface area contributed by atoms with Crippen molar-refractivity contribution in [2.45, 2.75) is 89.2 Å². The molecule has 0 aliphatic heterocycles. The van der Waals surface area contributed by atoms with E-state index >= 15 is 0 Å². The topological polar surface area (TPSA) is 47.3 Å². The summed E-state index contributed by atoms with van der Waals surface area (Å²) < 4.78 is 6.12. The monoisotopic (exact) mass is 282 g/mol. The van der Waals surface area contributed by atoms with Gasteiger partial charge in [0.15, 0.2) is 0 Å². The summed E-state index contributed by atoms with van der Waals surface area (Å²) in [5, 5.41) is 0. The second kappa shape index (κ2) is 7.77. The highest BCUT2D eigenvalue weighted by Crippen LogP contribution is 2.42. The first kappa shape index (κ1) is 16.3. The van der Waals surface area contributed by atoms with Gasteiger partial charge in [0.05, 0.1) is 11.6 Å². The third-order valence-corrected chi connectivity index (χ3v) is 6.02. The van der Waals surface area contributed by atoms with Gasteiger partial charge in [-0.3, -0.25) is 11.3 Å². The van der Waals surface area contributed by atoms with Crippen LogP contribution in [-0.4, -0.2) is 18.8 Å². The highest BCUT2D eigenvalue weighted by molar-refractivity contribution is 4.99. The van der Waals surface area contributed by atoms with E-state index in [0.717, 1.165) is 5.92 Å². The molecule has 3 unspecified atom stereocenters. The molecule has 0 amide bonds. The number of rotatable bonds is 5. The predicted octanol–water partition coefficient (Wildman–Crippen LogP) is 3.77. The van der Waals surface area contributed by atoms with Crippen LogP contribution in [0.1, 0.15) is 77.6 Å². The number of ether oxygens (including phenoxy) is 1. The molecule has 0 heterocycles. The lowest BCUT2D eigenvalue weighted by molar-refractivity contribution is -0.0802. The minimum atomic E-state index is -0.0271. The van der Waals surface area contributed by atoms with Crippen molar-refractivity contribution in [3.63, 3.8) is 0 Å². The summed E-state index contributed by atoms with van der Waals surface area (Å²) in [6, 6.07) is 0.329. The standard InChI is InChI=1S/C17H34N2O/c1-3-14-10-6-7-11-15(14)16(19-18)17(20-2)12-8-4-5-9-13-17/h14-16,19H,3-13,18H2,1-2H3. The molecular weight excluding hydrogens is 248 g/mol. The number of nitrogens with two attached hydrogens (primary N) is 1. The molecule has 20 heavy (non-hydrogen) atoms. The molecule has 0 radical (unpaired) electrons. The molecule has 3 nitrogen and oxygen atoms in total. The van der Waals surface area contributed by atoms with Gasteiger partial charge in [-0.15, -0.1) is 0 Å². The van der Waals surface area contributed by atoms with Gasteiger partial charge in [0, 0.05) is 7.11 Å². The Morgan fingerprint density at radius 2 is 1.75 bits per heavy atom. The Morgan fingerprint density at radius 1 is 1.10 bits per heavy atom. The molecule has 2 rings (SSSR count). The molecule has 0 aromatic heterocycles. The first-order chi connectivity index (χ1) is 9.77. The van der Waals surface area contributed by atoms with Crippen molar-refractivity contribution in [3.05, 3.63) is 0 Å². The molecule has 2 aliphatic rings. The van der Waals surface area contributed by atoms with Gasteiger partial charge in [-0.2, -0.15) is 0 Å². The minimum Gasteiger partial charge on any atom is -0.377 e. The van der Waals surface area contributed by atoms with Gasteiger partial charge in [0.1, 0.15) is 0 Å². The van der Waals surface area contributed by atoms with Gasteiger partial charge in [-0.1, -0.05) is 58.3 Å². The fourth-order valence-corrected chi connectivity index (χ4v) is 4.82. The van der Waals surface area contributed by atoms with E-state index in [-0.39, 0.29) is 5.60 Å². The average molecular weight is 282 g/mol. The van der Waals surface area contributed by atoms with Crippen molar-refractivity contribution in [3.8, 4) is 0 Å². The molecule has 3 atom stereocenters. The molecular formula is C17H34N2O. The van der Waals surface area contributed by atoms with Crippen LogP contribution in [0.15, 0.2) is 0 Å². The molecule has 118 valence electrons. The highest BCUT2D eigenvalue weighted by Gasteiger charge is 2.45. The number of hydrazine groups is 1. The zero-order valence-electron chi connectivity index (χ0n) is 13.5. The second-order valence-corrected chi connectivity index (χ2v) is 6.94. The van der Waals surface area contributed by atoms with Gasteiger partial charge >= 0.3 is 0 Å². The van der Waals surface area contributed by atoms with Crippen molar-refractivity contribution in [2.75, 3.05) is 7.11 Å². The van der Waals surface area contributed by atoms with Crippen molar-refractivity contribution < 1.29 is 4.74 Å². The first-order valence-electron chi connectivity index (χ1n) is 8.78. The highest BCUT2D eigenvalue weighted by atomic mass is 16.5. The van der Waals surface area contributed by atoms with Crippen LogP contribution in [0.25, 0.3) is 0 Å². The maximum absolute atomic E-state index is 6.12. The third-order valence-electron chi connectivity index (χ3n) is 6.02. The summed E-state index contributed by atoms with van der Waals surface area (Å²) >= 11 is 0. The van der Waals surface area contributed by atoms with Gasteiger partial charge < -0.3 is 4.74 Å². The summed E-state index contributed by atoms with van der Waals surface area (Å²) in [6.45, 7) is 2.34. The maximum Gasteiger partial charge on any atom is 0.0847 e. The van der Waals surface area contributed by atoms with Crippen molar-refractivity contribution >= 4 is 0 Å². The lowest BCUT2D eigenvalue weighted by Crippen LogP contribution is -2.59. The van der Waals surface area contributed by atoms with E-state index in [9.17, 15) is 0 Å². The van der Waals surface area contributed by atoms with E-state index in [2.05, 4.69) is 12.3 Å². The Labute approximate surface area is 125 Å². The molecule has 3 N–H and O–H groups in total. The smallest absolute Gasteiger partial charge is 0.0847 e. The summed E-state index contributed by atoms with van der Waals surface area (Å²) in [6.07, 6.45) is 14.3. The number of nitrogens with one attached hydrogen (secondary N) is 1. The van der Waals surface area contributed by atoms with Crippen LogP contribution in [0, 0.1) is 11.8 Å². The van der Waals surface area contributed by atoms with Crippen LogP contribution >= 0.6 is 0 Å². The van der Waals surface area contributed by atoms with E-state index in [1.807, 2.05) is 7.11 Å².